The van der Waals surface area contributed by atoms with Gasteiger partial charge < -0.3 is 9.84 Å². The van der Waals surface area contributed by atoms with E-state index in [0.717, 1.165) is 25.7 Å². The molecule has 0 heterocycles. The highest BCUT2D eigenvalue weighted by atomic mass is 16.6. The topological polar surface area (TPSA) is 57.6 Å². The maximum absolute atomic E-state index is 9.92. The van der Waals surface area contributed by atoms with Crippen LogP contribution < -0.4 is 0 Å². The third kappa shape index (κ3) is 3.01. The van der Waals surface area contributed by atoms with Gasteiger partial charge >= 0.3 is 11.6 Å². The second kappa shape index (κ2) is 6.06. The first-order valence-corrected chi connectivity index (χ1v) is 6.31. The zero-order valence-corrected chi connectivity index (χ0v) is 10.2. The van der Waals surface area contributed by atoms with Crippen molar-refractivity contribution in [2.24, 2.45) is 0 Å². The van der Waals surface area contributed by atoms with Crippen molar-refractivity contribution in [2.75, 3.05) is 0 Å². The molecule has 1 fully saturated rings. The molecular formula is C14H17N2O2+. The Balaban J connectivity index is 2.14. The second-order valence-corrected chi connectivity index (χ2v) is 4.50. The number of aliphatic hydroxyl groups excluding tert-OH is 1. The first kappa shape index (κ1) is 12.4. The van der Waals surface area contributed by atoms with Crippen molar-refractivity contribution in [3.63, 3.8) is 0 Å². The lowest BCUT2D eigenvalue weighted by Gasteiger charge is -2.21. The van der Waals surface area contributed by atoms with E-state index in [4.69, 9.17) is 10.1 Å². The van der Waals surface area contributed by atoms with Gasteiger partial charge in [0, 0.05) is 0 Å². The van der Waals surface area contributed by atoms with Crippen LogP contribution >= 0.6 is 0 Å². The van der Waals surface area contributed by atoms with E-state index >= 15 is 0 Å². The number of aliphatic hydroxyl groups is 1. The molecular weight excluding hydrogens is 228 g/mol. The van der Waals surface area contributed by atoms with Crippen LogP contribution in [-0.4, -0.2) is 11.2 Å². The van der Waals surface area contributed by atoms with Gasteiger partial charge in [0.25, 0.3) is 0 Å². The van der Waals surface area contributed by atoms with Crippen molar-refractivity contribution in [1.82, 2.24) is 0 Å². The summed E-state index contributed by atoms with van der Waals surface area (Å²) in [5.74, 6) is -0.296. The smallest absolute Gasteiger partial charge is 0.471 e. The average Bonchev–Trinajstić information content (AvgIpc) is 2.42. The summed E-state index contributed by atoms with van der Waals surface area (Å²) in [6.07, 6.45) is 5.37. The summed E-state index contributed by atoms with van der Waals surface area (Å²) in [6, 6.07) is 9.01. The molecule has 1 aliphatic rings. The van der Waals surface area contributed by atoms with Crippen LogP contribution in [0.4, 0.5) is 0 Å². The SMILES string of the molecule is N#[N+]/C(=C(/O)OC1CCCCC1)c1ccccc1. The number of hydrogen-bond donors (Lipinski definition) is 1. The first-order chi connectivity index (χ1) is 8.81. The highest BCUT2D eigenvalue weighted by molar-refractivity contribution is 5.70. The fourth-order valence-electron chi connectivity index (χ4n) is 2.22. The summed E-state index contributed by atoms with van der Waals surface area (Å²) in [7, 11) is 0. The van der Waals surface area contributed by atoms with Crippen LogP contribution in [0.3, 0.4) is 0 Å². The van der Waals surface area contributed by atoms with Gasteiger partial charge in [-0.2, -0.15) is 0 Å². The van der Waals surface area contributed by atoms with Gasteiger partial charge in [-0.15, -0.1) is 0 Å². The van der Waals surface area contributed by atoms with Crippen molar-refractivity contribution < 1.29 is 9.84 Å². The predicted octanol–water partition coefficient (Wildman–Crippen LogP) is 4.07. The molecule has 0 spiro atoms. The van der Waals surface area contributed by atoms with Crippen LogP contribution in [-0.2, 0) is 4.74 Å². The molecule has 0 amide bonds. The van der Waals surface area contributed by atoms with Gasteiger partial charge in [0.05, 0.1) is 5.56 Å². The van der Waals surface area contributed by atoms with Gasteiger partial charge in [0.1, 0.15) is 6.10 Å². The summed E-state index contributed by atoms with van der Waals surface area (Å²) in [5.41, 5.74) is 0.717. The Kier molecular flexibility index (Phi) is 4.19. The van der Waals surface area contributed by atoms with E-state index in [2.05, 4.69) is 4.98 Å². The summed E-state index contributed by atoms with van der Waals surface area (Å²) in [4.78, 5) is 3.13. The molecule has 2 rings (SSSR count). The molecule has 0 bridgehead atoms. The first-order valence-electron chi connectivity index (χ1n) is 6.31. The number of diazo groups is 1. The Morgan fingerprint density at radius 3 is 2.44 bits per heavy atom. The lowest BCUT2D eigenvalue weighted by molar-refractivity contribution is 0.0148. The number of hydrogen-bond acceptors (Lipinski definition) is 3. The van der Waals surface area contributed by atoms with Crippen LogP contribution in [0.2, 0.25) is 0 Å². The molecule has 18 heavy (non-hydrogen) atoms. The highest BCUT2D eigenvalue weighted by Gasteiger charge is 2.26. The van der Waals surface area contributed by atoms with Crippen LogP contribution in [0.15, 0.2) is 36.3 Å². The lowest BCUT2D eigenvalue weighted by Crippen LogP contribution is -2.16. The molecule has 1 N–H and O–H groups in total. The van der Waals surface area contributed by atoms with Crippen molar-refractivity contribution in [3.05, 3.63) is 46.8 Å². The largest absolute Gasteiger partial charge is 0.475 e. The van der Waals surface area contributed by atoms with E-state index in [1.54, 1.807) is 12.1 Å². The molecule has 0 atom stereocenters. The molecule has 1 saturated carbocycles. The molecule has 0 unspecified atom stereocenters. The molecule has 4 heteroatoms. The van der Waals surface area contributed by atoms with Gasteiger partial charge in [-0.3, -0.25) is 0 Å². The minimum Gasteiger partial charge on any atom is -0.475 e. The minimum atomic E-state index is -0.296. The van der Waals surface area contributed by atoms with E-state index in [1.165, 1.54) is 6.42 Å². The normalized spacial score (nSPS) is 17.7. The maximum Gasteiger partial charge on any atom is 0.471 e. The Labute approximate surface area is 107 Å². The molecule has 94 valence electrons. The van der Waals surface area contributed by atoms with Crippen LogP contribution in [0.1, 0.15) is 37.7 Å². The summed E-state index contributed by atoms with van der Waals surface area (Å²) < 4.78 is 5.48. The molecule has 0 aliphatic heterocycles. The van der Waals surface area contributed by atoms with Gasteiger partial charge in [-0.05, 0) is 37.8 Å². The van der Waals surface area contributed by atoms with Crippen LogP contribution in [0.25, 0.3) is 10.7 Å². The molecule has 1 aromatic carbocycles. The molecule has 1 aromatic rings. The fourth-order valence-corrected chi connectivity index (χ4v) is 2.22. The van der Waals surface area contributed by atoms with Gasteiger partial charge in [0.2, 0.25) is 5.39 Å². The summed E-state index contributed by atoms with van der Waals surface area (Å²) in [5, 5.41) is 18.9. The average molecular weight is 245 g/mol. The molecule has 0 saturated heterocycles. The highest BCUT2D eigenvalue weighted by Crippen LogP contribution is 2.25. The monoisotopic (exact) mass is 245 g/mol. The Bertz CT molecular complexity index is 456. The number of nitrogens with zero attached hydrogens (tertiary/aromatic N) is 2. The number of ether oxygens (including phenoxy) is 1. The second-order valence-electron chi connectivity index (χ2n) is 4.50. The van der Waals surface area contributed by atoms with E-state index in [0.29, 0.717) is 5.56 Å². The molecule has 4 nitrogen and oxygen atoms in total. The van der Waals surface area contributed by atoms with E-state index < -0.39 is 0 Å². The third-order valence-electron chi connectivity index (χ3n) is 3.18. The number of benzene rings is 1. The standard InChI is InChI=1S/C14H16N2O2/c15-16-13(11-7-3-1-4-8-11)14(17)18-12-9-5-2-6-10-12/h1,3-4,7-8,12H,2,5-6,9-10H2/p+1/b14-13-. The van der Waals surface area contributed by atoms with E-state index in [1.807, 2.05) is 18.2 Å². The molecule has 0 radical (unpaired) electrons. The van der Waals surface area contributed by atoms with Crippen molar-refractivity contribution >= 4 is 5.70 Å². The molecule has 1 aliphatic carbocycles. The van der Waals surface area contributed by atoms with Gasteiger partial charge in [0.15, 0.2) is 4.98 Å². The third-order valence-corrected chi connectivity index (χ3v) is 3.18. The van der Waals surface area contributed by atoms with Crippen molar-refractivity contribution in [1.29, 1.82) is 5.39 Å². The Morgan fingerprint density at radius 1 is 1.17 bits per heavy atom. The quantitative estimate of drug-likeness (QED) is 0.645. The Hall–Kier alpha value is -2.02. The summed E-state index contributed by atoms with van der Waals surface area (Å²) in [6.45, 7) is 0. The van der Waals surface area contributed by atoms with E-state index in [-0.39, 0.29) is 17.7 Å². The zero-order valence-electron chi connectivity index (χ0n) is 10.2. The van der Waals surface area contributed by atoms with E-state index in [9.17, 15) is 5.11 Å². The van der Waals surface area contributed by atoms with Crippen molar-refractivity contribution in [3.8, 4) is 0 Å². The van der Waals surface area contributed by atoms with Crippen LogP contribution in [0, 0.1) is 5.39 Å². The van der Waals surface area contributed by atoms with Crippen molar-refractivity contribution in [2.45, 2.75) is 38.2 Å². The Morgan fingerprint density at radius 2 is 1.83 bits per heavy atom. The van der Waals surface area contributed by atoms with Gasteiger partial charge in [-0.25, -0.2) is 0 Å². The predicted molar refractivity (Wildman–Crippen MR) is 69.0 cm³/mol. The zero-order chi connectivity index (χ0) is 12.8. The van der Waals surface area contributed by atoms with Gasteiger partial charge in [-0.1, -0.05) is 24.6 Å². The number of rotatable bonds is 3. The maximum atomic E-state index is 9.92. The fraction of sp³-hybridized carbons (Fsp3) is 0.429. The lowest BCUT2D eigenvalue weighted by atomic mass is 9.98. The summed E-state index contributed by atoms with van der Waals surface area (Å²) >= 11 is 0. The minimum absolute atomic E-state index is 0.0270. The molecule has 0 aromatic heterocycles. The van der Waals surface area contributed by atoms with Crippen LogP contribution in [0.5, 0.6) is 0 Å².